The maximum Gasteiger partial charge on any atom is 0.255 e. The van der Waals surface area contributed by atoms with Crippen LogP contribution >= 0.6 is 23.1 Å². The first-order chi connectivity index (χ1) is 11.8. The number of amides is 1. The van der Waals surface area contributed by atoms with Gasteiger partial charge in [0.15, 0.2) is 17.4 Å². The summed E-state index contributed by atoms with van der Waals surface area (Å²) in [5, 5.41) is 15.7. The Balaban J connectivity index is 1.79. The largest absolute Gasteiger partial charge is 0.359 e. The number of fused-ring (bicyclic) bond motifs is 3. The zero-order chi connectivity index (χ0) is 16.5. The van der Waals surface area contributed by atoms with Crippen LogP contribution in [0.3, 0.4) is 0 Å². The van der Waals surface area contributed by atoms with E-state index >= 15 is 0 Å². The van der Waals surface area contributed by atoms with Gasteiger partial charge in [-0.2, -0.15) is 0 Å². The highest BCUT2D eigenvalue weighted by molar-refractivity contribution is 8.14. The van der Waals surface area contributed by atoms with E-state index in [2.05, 4.69) is 23.3 Å². The normalized spacial score (nSPS) is 21.9. The molecular weight excluding hydrogens is 340 g/mol. The first-order valence-corrected chi connectivity index (χ1v) is 9.45. The number of anilines is 1. The van der Waals surface area contributed by atoms with Crippen LogP contribution in [-0.4, -0.2) is 21.8 Å². The number of carbonyl (C=O) groups is 1. The predicted octanol–water partition coefficient (Wildman–Crippen LogP) is 3.54. The first-order valence-electron chi connectivity index (χ1n) is 7.58. The minimum atomic E-state index is -0.428. The van der Waals surface area contributed by atoms with E-state index < -0.39 is 6.04 Å². The maximum atomic E-state index is 12.8. The van der Waals surface area contributed by atoms with Gasteiger partial charge < -0.3 is 10.6 Å². The van der Waals surface area contributed by atoms with Gasteiger partial charge in [0.1, 0.15) is 0 Å². The second kappa shape index (κ2) is 6.33. The highest BCUT2D eigenvalue weighted by Crippen LogP contribution is 2.43. The molecule has 2 atom stereocenters. The average molecular weight is 356 g/mol. The molecule has 3 heterocycles. The third kappa shape index (κ3) is 2.59. The topological polar surface area (TPSA) is 56.7 Å². The number of para-hydroxylation sites is 1. The van der Waals surface area contributed by atoms with E-state index in [-0.39, 0.29) is 12.1 Å². The second-order valence-electron chi connectivity index (χ2n) is 5.43. The Kier molecular flexibility index (Phi) is 4.03. The van der Waals surface area contributed by atoms with Crippen molar-refractivity contribution in [1.82, 2.24) is 10.3 Å². The lowest BCUT2D eigenvalue weighted by atomic mass is 9.99. The third-order valence-corrected chi connectivity index (χ3v) is 5.70. The van der Waals surface area contributed by atoms with Crippen molar-refractivity contribution in [3.63, 3.8) is 0 Å². The van der Waals surface area contributed by atoms with Crippen LogP contribution in [0.2, 0.25) is 0 Å². The number of benzene rings is 1. The Hall–Kier alpha value is -2.25. The van der Waals surface area contributed by atoms with Gasteiger partial charge in [-0.25, -0.2) is 5.01 Å². The van der Waals surface area contributed by atoms with Crippen LogP contribution in [0.15, 0.2) is 59.5 Å². The lowest BCUT2D eigenvalue weighted by Crippen LogP contribution is -2.50. The zero-order valence-electron chi connectivity index (χ0n) is 12.8. The van der Waals surface area contributed by atoms with E-state index in [0.717, 1.165) is 16.1 Å². The molecule has 5 nitrogen and oxygen atoms in total. The number of thioether (sulfide) groups is 1. The van der Waals surface area contributed by atoms with E-state index in [1.165, 1.54) is 11.8 Å². The maximum absolute atomic E-state index is 12.8. The molecule has 2 N–H and O–H groups in total. The molecule has 0 aliphatic carbocycles. The average Bonchev–Trinajstić information content (AvgIpc) is 3.13. The van der Waals surface area contributed by atoms with E-state index in [1.54, 1.807) is 17.4 Å². The number of hydrogen-bond acceptors (Lipinski definition) is 6. The summed E-state index contributed by atoms with van der Waals surface area (Å²) in [5.41, 5.74) is 1.92. The molecule has 2 aliphatic heterocycles. The quantitative estimate of drug-likeness (QED) is 0.826. The van der Waals surface area contributed by atoms with Crippen LogP contribution in [0.25, 0.3) is 0 Å². The molecule has 0 unspecified atom stereocenters. The van der Waals surface area contributed by atoms with Crippen molar-refractivity contribution in [3.05, 3.63) is 64.9 Å². The van der Waals surface area contributed by atoms with Crippen LogP contribution in [0.4, 0.5) is 5.69 Å². The molecule has 0 spiro atoms. The first kappa shape index (κ1) is 15.3. The molecule has 0 bridgehead atoms. The molecule has 2 aliphatic rings. The van der Waals surface area contributed by atoms with Gasteiger partial charge in [-0.1, -0.05) is 42.1 Å². The van der Waals surface area contributed by atoms with Gasteiger partial charge >= 0.3 is 0 Å². The van der Waals surface area contributed by atoms with Crippen LogP contribution < -0.4 is 10.6 Å². The summed E-state index contributed by atoms with van der Waals surface area (Å²) < 4.78 is 0. The van der Waals surface area contributed by atoms with Gasteiger partial charge in [-0.05, 0) is 17.5 Å². The van der Waals surface area contributed by atoms with Gasteiger partial charge in [-0.15, -0.1) is 23.0 Å². The Morgan fingerprint density at radius 1 is 1.33 bits per heavy atom. The highest BCUT2D eigenvalue weighted by atomic mass is 32.2. The number of nitrogens with zero attached hydrogens (tertiary/aromatic N) is 2. The Labute approximate surface area is 148 Å². The molecule has 122 valence electrons. The van der Waals surface area contributed by atoms with Crippen molar-refractivity contribution in [2.45, 2.75) is 12.2 Å². The summed E-state index contributed by atoms with van der Waals surface area (Å²) in [7, 11) is 0. The number of amidine groups is 1. The molecule has 2 aromatic rings. The molecule has 1 aromatic carbocycles. The lowest BCUT2D eigenvalue weighted by Gasteiger charge is -2.43. The van der Waals surface area contributed by atoms with E-state index in [1.807, 2.05) is 40.7 Å². The summed E-state index contributed by atoms with van der Waals surface area (Å²) >= 11 is 3.12. The van der Waals surface area contributed by atoms with Gasteiger partial charge in [-0.3, -0.25) is 4.79 Å². The number of rotatable bonds is 3. The van der Waals surface area contributed by atoms with Crippen molar-refractivity contribution < 1.29 is 4.79 Å². The van der Waals surface area contributed by atoms with Crippen molar-refractivity contribution in [3.8, 4) is 0 Å². The number of thiophene rings is 1. The molecule has 7 heteroatoms. The summed E-state index contributed by atoms with van der Waals surface area (Å²) in [6.07, 6.45) is 1.64. The van der Waals surface area contributed by atoms with Gasteiger partial charge in [0.25, 0.3) is 5.91 Å². The van der Waals surface area contributed by atoms with Crippen molar-refractivity contribution in [1.29, 1.82) is 0 Å². The highest BCUT2D eigenvalue weighted by Gasteiger charge is 2.42. The fraction of sp³-hybridized carbons (Fsp3) is 0.176. The van der Waals surface area contributed by atoms with Crippen LogP contribution in [0.5, 0.6) is 0 Å². The number of nitrogens with one attached hydrogen (secondary N) is 2. The van der Waals surface area contributed by atoms with E-state index in [4.69, 9.17) is 5.10 Å². The Morgan fingerprint density at radius 2 is 2.21 bits per heavy atom. The van der Waals surface area contributed by atoms with Gasteiger partial charge in [0.2, 0.25) is 0 Å². The standard InChI is InChI=1S/C17H16N4OS2/c1-2-9-24-17-19-16(22)14-11-6-3-4-7-12(11)18-15(21(14)20-17)13-8-5-10-23-13/h2-8,10,14-15,18H,1,9H2,(H,19,20,22)/t14-,15+/m1/s1. The molecule has 0 radical (unpaired) electrons. The SMILES string of the molecule is C=CCSC1=NN2[C@@H](c3cccs3)Nc3ccccc3[C@@H]2C(=O)N1. The smallest absolute Gasteiger partial charge is 0.255 e. The summed E-state index contributed by atoms with van der Waals surface area (Å²) in [6.45, 7) is 3.72. The van der Waals surface area contributed by atoms with Crippen molar-refractivity contribution in [2.75, 3.05) is 11.1 Å². The van der Waals surface area contributed by atoms with Crippen molar-refractivity contribution >= 4 is 39.9 Å². The zero-order valence-corrected chi connectivity index (χ0v) is 14.4. The molecule has 0 saturated heterocycles. The van der Waals surface area contributed by atoms with Crippen LogP contribution in [0.1, 0.15) is 22.6 Å². The monoisotopic (exact) mass is 356 g/mol. The van der Waals surface area contributed by atoms with Crippen molar-refractivity contribution in [2.24, 2.45) is 5.10 Å². The number of carbonyl (C=O) groups excluding carboxylic acids is 1. The minimum Gasteiger partial charge on any atom is -0.359 e. The van der Waals surface area contributed by atoms with Gasteiger partial charge in [0.05, 0.1) is 0 Å². The molecule has 4 rings (SSSR count). The molecule has 1 aromatic heterocycles. The number of hydrogen-bond donors (Lipinski definition) is 2. The minimum absolute atomic E-state index is 0.0490. The van der Waals surface area contributed by atoms with E-state index in [0.29, 0.717) is 10.9 Å². The van der Waals surface area contributed by atoms with Crippen LogP contribution in [-0.2, 0) is 4.79 Å². The Morgan fingerprint density at radius 3 is 3.00 bits per heavy atom. The summed E-state index contributed by atoms with van der Waals surface area (Å²) in [5.74, 6) is 0.651. The lowest BCUT2D eigenvalue weighted by molar-refractivity contribution is -0.127. The third-order valence-electron chi connectivity index (χ3n) is 3.91. The molecule has 0 saturated carbocycles. The summed E-state index contributed by atoms with van der Waals surface area (Å²) in [6, 6.07) is 11.5. The predicted molar refractivity (Wildman–Crippen MR) is 99.9 cm³/mol. The molecule has 0 fully saturated rings. The number of hydrazone groups is 1. The molecule has 1 amide bonds. The fourth-order valence-electron chi connectivity index (χ4n) is 2.90. The molecular formula is C17H16N4OS2. The van der Waals surface area contributed by atoms with E-state index in [9.17, 15) is 4.79 Å². The second-order valence-corrected chi connectivity index (χ2v) is 7.41. The van der Waals surface area contributed by atoms with Gasteiger partial charge in [0, 0.05) is 21.9 Å². The molecule has 24 heavy (non-hydrogen) atoms. The Bertz CT molecular complexity index is 803. The fourth-order valence-corrected chi connectivity index (χ4v) is 4.27. The van der Waals surface area contributed by atoms with Crippen LogP contribution in [0, 0.1) is 0 Å². The summed E-state index contributed by atoms with van der Waals surface area (Å²) in [4.78, 5) is 13.9.